The molecular formula is C20H29N3O4. The zero-order chi connectivity index (χ0) is 19.2. The fourth-order valence-corrected chi connectivity index (χ4v) is 3.58. The van der Waals surface area contributed by atoms with Crippen molar-refractivity contribution in [3.8, 4) is 11.5 Å². The van der Waals surface area contributed by atoms with Crippen LogP contribution in [0.1, 0.15) is 57.9 Å². The van der Waals surface area contributed by atoms with Crippen molar-refractivity contribution < 1.29 is 19.1 Å². The summed E-state index contributed by atoms with van der Waals surface area (Å²) in [7, 11) is 0. The molecule has 1 aromatic rings. The van der Waals surface area contributed by atoms with Gasteiger partial charge in [0.2, 0.25) is 12.7 Å². The van der Waals surface area contributed by atoms with Gasteiger partial charge in [0.25, 0.3) is 0 Å². The van der Waals surface area contributed by atoms with E-state index in [1.807, 2.05) is 19.1 Å². The van der Waals surface area contributed by atoms with Crippen LogP contribution in [0.5, 0.6) is 11.5 Å². The molecule has 27 heavy (non-hydrogen) atoms. The number of benzene rings is 1. The van der Waals surface area contributed by atoms with Gasteiger partial charge in [0.15, 0.2) is 11.5 Å². The molecule has 2 aliphatic heterocycles. The van der Waals surface area contributed by atoms with Gasteiger partial charge in [-0.15, -0.1) is 0 Å². The molecule has 0 saturated carbocycles. The van der Waals surface area contributed by atoms with Crippen LogP contribution in [-0.2, 0) is 11.2 Å². The van der Waals surface area contributed by atoms with Crippen molar-refractivity contribution in [3.05, 3.63) is 17.7 Å². The number of hydrogen-bond donors (Lipinski definition) is 3. The molecule has 2 aliphatic rings. The summed E-state index contributed by atoms with van der Waals surface area (Å²) in [5, 5.41) is 8.80. The quantitative estimate of drug-likeness (QED) is 0.578. The van der Waals surface area contributed by atoms with Gasteiger partial charge in [-0.05, 0) is 37.8 Å². The second-order valence-electron chi connectivity index (χ2n) is 7.27. The Morgan fingerprint density at radius 2 is 1.96 bits per heavy atom. The lowest BCUT2D eigenvalue weighted by atomic mass is 10.0. The number of carbonyl (C=O) groups excluding carboxylic acids is 2. The van der Waals surface area contributed by atoms with Crippen LogP contribution < -0.4 is 25.4 Å². The van der Waals surface area contributed by atoms with E-state index >= 15 is 0 Å². The summed E-state index contributed by atoms with van der Waals surface area (Å²) in [5.41, 5.74) is 1.90. The minimum absolute atomic E-state index is 0.0235. The van der Waals surface area contributed by atoms with Crippen molar-refractivity contribution >= 4 is 17.6 Å². The Kier molecular flexibility index (Phi) is 6.42. The van der Waals surface area contributed by atoms with Crippen molar-refractivity contribution in [1.29, 1.82) is 0 Å². The van der Waals surface area contributed by atoms with E-state index in [0.717, 1.165) is 55.5 Å². The summed E-state index contributed by atoms with van der Waals surface area (Å²) in [5.74, 6) is 1.46. The molecule has 2 atom stereocenters. The minimum atomic E-state index is -0.0847. The van der Waals surface area contributed by atoms with Gasteiger partial charge < -0.3 is 25.4 Å². The average Bonchev–Trinajstić information content (AvgIpc) is 3.20. The van der Waals surface area contributed by atoms with E-state index in [0.29, 0.717) is 12.2 Å². The van der Waals surface area contributed by atoms with Gasteiger partial charge >= 0.3 is 6.03 Å². The molecule has 7 heteroatoms. The highest BCUT2D eigenvalue weighted by atomic mass is 16.7. The smallest absolute Gasteiger partial charge is 0.315 e. The molecule has 0 aliphatic carbocycles. The number of aryl methyl sites for hydroxylation is 1. The third-order valence-corrected chi connectivity index (χ3v) is 5.09. The molecule has 1 aromatic carbocycles. The molecule has 0 aromatic heterocycles. The van der Waals surface area contributed by atoms with E-state index in [4.69, 9.17) is 9.47 Å². The van der Waals surface area contributed by atoms with Crippen LogP contribution in [0.3, 0.4) is 0 Å². The summed E-state index contributed by atoms with van der Waals surface area (Å²) in [6, 6.07) is 4.11. The standard InChI is InChI=1S/C20H29N3O4/c1-3-7-14-10-17-18(27-12-26-17)11-16(14)22-19(24)9-6-4-5-8-15-13(2)21-20(25)23-15/h10-11,13,15H,3-9,12H2,1-2H3,(H,22,24)(H2,21,23,25)/t13-,15-/m1/s1. The molecule has 148 valence electrons. The van der Waals surface area contributed by atoms with Crippen molar-refractivity contribution in [3.63, 3.8) is 0 Å². The predicted molar refractivity (Wildman–Crippen MR) is 103 cm³/mol. The maximum atomic E-state index is 12.3. The normalized spacial score (nSPS) is 20.3. The molecule has 3 amide bonds. The number of nitrogens with one attached hydrogen (secondary N) is 3. The second kappa shape index (κ2) is 8.97. The Hall–Kier alpha value is -2.44. The maximum Gasteiger partial charge on any atom is 0.315 e. The van der Waals surface area contributed by atoms with Gasteiger partial charge in [0, 0.05) is 24.2 Å². The Balaban J connectivity index is 1.42. The van der Waals surface area contributed by atoms with Crippen LogP contribution in [-0.4, -0.2) is 30.8 Å². The summed E-state index contributed by atoms with van der Waals surface area (Å²) < 4.78 is 10.9. The highest BCUT2D eigenvalue weighted by Gasteiger charge is 2.26. The Morgan fingerprint density at radius 3 is 2.67 bits per heavy atom. The van der Waals surface area contributed by atoms with Crippen LogP contribution in [0.25, 0.3) is 0 Å². The lowest BCUT2D eigenvalue weighted by molar-refractivity contribution is -0.116. The number of anilines is 1. The van der Waals surface area contributed by atoms with Crippen molar-refractivity contribution in [2.75, 3.05) is 12.1 Å². The summed E-state index contributed by atoms with van der Waals surface area (Å²) in [6.07, 6.45) is 6.10. The number of fused-ring (bicyclic) bond motifs is 1. The first kappa shape index (κ1) is 19.3. The number of carbonyl (C=O) groups is 2. The third kappa shape index (κ3) is 5.05. The molecule has 2 heterocycles. The molecule has 1 saturated heterocycles. The van der Waals surface area contributed by atoms with Crippen LogP contribution in [0.15, 0.2) is 12.1 Å². The number of hydrogen-bond acceptors (Lipinski definition) is 4. The average molecular weight is 375 g/mol. The van der Waals surface area contributed by atoms with Crippen LogP contribution in [0.2, 0.25) is 0 Å². The van der Waals surface area contributed by atoms with Gasteiger partial charge in [-0.2, -0.15) is 0 Å². The van der Waals surface area contributed by atoms with Gasteiger partial charge in [-0.25, -0.2) is 4.79 Å². The first-order chi connectivity index (χ1) is 13.1. The van der Waals surface area contributed by atoms with E-state index in [1.165, 1.54) is 0 Å². The molecule has 1 fully saturated rings. The van der Waals surface area contributed by atoms with Gasteiger partial charge in [-0.3, -0.25) is 4.79 Å². The summed E-state index contributed by atoms with van der Waals surface area (Å²) in [4.78, 5) is 23.6. The highest BCUT2D eigenvalue weighted by Crippen LogP contribution is 2.37. The molecule has 0 radical (unpaired) electrons. The summed E-state index contributed by atoms with van der Waals surface area (Å²) >= 11 is 0. The van der Waals surface area contributed by atoms with Crippen LogP contribution in [0.4, 0.5) is 10.5 Å². The highest BCUT2D eigenvalue weighted by molar-refractivity contribution is 5.92. The van der Waals surface area contributed by atoms with Crippen molar-refractivity contribution in [2.45, 2.75) is 70.9 Å². The van der Waals surface area contributed by atoms with Gasteiger partial charge in [0.1, 0.15) is 0 Å². The minimum Gasteiger partial charge on any atom is -0.454 e. The zero-order valence-electron chi connectivity index (χ0n) is 16.1. The predicted octanol–water partition coefficient (Wildman–Crippen LogP) is 3.33. The first-order valence-electron chi connectivity index (χ1n) is 9.86. The SMILES string of the molecule is CCCc1cc2c(cc1NC(=O)CCCCC[C@H]1NC(=O)N[C@@H]1C)OCO2. The van der Waals surface area contributed by atoms with Crippen LogP contribution >= 0.6 is 0 Å². The fraction of sp³-hybridized carbons (Fsp3) is 0.600. The number of ether oxygens (including phenoxy) is 2. The summed E-state index contributed by atoms with van der Waals surface area (Å²) in [6.45, 7) is 4.35. The Labute approximate surface area is 160 Å². The largest absolute Gasteiger partial charge is 0.454 e. The lowest BCUT2D eigenvalue weighted by Crippen LogP contribution is -2.30. The molecule has 0 unspecified atom stereocenters. The molecule has 0 bridgehead atoms. The Bertz CT molecular complexity index is 692. The van der Waals surface area contributed by atoms with E-state index in [2.05, 4.69) is 22.9 Å². The molecule has 3 N–H and O–H groups in total. The molecule has 0 spiro atoms. The zero-order valence-corrected chi connectivity index (χ0v) is 16.1. The van der Waals surface area contributed by atoms with E-state index in [9.17, 15) is 9.59 Å². The van der Waals surface area contributed by atoms with Crippen molar-refractivity contribution in [2.24, 2.45) is 0 Å². The van der Waals surface area contributed by atoms with E-state index in [1.54, 1.807) is 0 Å². The first-order valence-corrected chi connectivity index (χ1v) is 9.86. The maximum absolute atomic E-state index is 12.3. The fourth-order valence-electron chi connectivity index (χ4n) is 3.58. The second-order valence-corrected chi connectivity index (χ2v) is 7.27. The third-order valence-electron chi connectivity index (χ3n) is 5.09. The van der Waals surface area contributed by atoms with E-state index < -0.39 is 0 Å². The topological polar surface area (TPSA) is 88.7 Å². The van der Waals surface area contributed by atoms with Gasteiger partial charge in [-0.1, -0.05) is 26.2 Å². The number of rotatable bonds is 9. The van der Waals surface area contributed by atoms with Crippen molar-refractivity contribution in [1.82, 2.24) is 10.6 Å². The van der Waals surface area contributed by atoms with Crippen LogP contribution in [0, 0.1) is 0 Å². The number of urea groups is 1. The lowest BCUT2D eigenvalue weighted by Gasteiger charge is -2.14. The monoisotopic (exact) mass is 375 g/mol. The van der Waals surface area contributed by atoms with Gasteiger partial charge in [0.05, 0.1) is 6.04 Å². The number of unbranched alkanes of at least 4 members (excludes halogenated alkanes) is 2. The molecular weight excluding hydrogens is 346 g/mol. The molecule has 7 nitrogen and oxygen atoms in total. The number of amides is 3. The van der Waals surface area contributed by atoms with E-state index in [-0.39, 0.29) is 30.8 Å². The Morgan fingerprint density at radius 1 is 1.19 bits per heavy atom. The molecule has 3 rings (SSSR count).